The van der Waals surface area contributed by atoms with Gasteiger partial charge in [0.25, 0.3) is 0 Å². The van der Waals surface area contributed by atoms with Crippen LogP contribution in [0.25, 0.3) is 0 Å². The van der Waals surface area contributed by atoms with Crippen molar-refractivity contribution in [3.8, 4) is 0 Å². The Hall–Kier alpha value is -0.940. The third kappa shape index (κ3) is 6.14. The summed E-state index contributed by atoms with van der Waals surface area (Å²) < 4.78 is 6.30. The zero-order valence-electron chi connectivity index (χ0n) is 20.8. The van der Waals surface area contributed by atoms with Crippen LogP contribution in [0.5, 0.6) is 0 Å². The van der Waals surface area contributed by atoms with Gasteiger partial charge in [0.1, 0.15) is 0 Å². The molecule has 0 radical (unpaired) electrons. The first-order chi connectivity index (χ1) is 15.0. The fraction of sp³-hybridized carbons (Fsp3) is 0.786. The largest absolute Gasteiger partial charge is 0.393 e. The number of ether oxygens (including phenoxy) is 1. The van der Waals surface area contributed by atoms with Crippen LogP contribution in [0.4, 0.5) is 0 Å². The molecule has 2 unspecified atom stereocenters. The Kier molecular flexibility index (Phi) is 8.46. The quantitative estimate of drug-likeness (QED) is 0.432. The lowest BCUT2D eigenvalue weighted by molar-refractivity contribution is -0.0274. The standard InChI is InChI=1S/C28H46O4/c1-19-22(17-23(29)18-26(19)30)11-10-21-9-8-15-28(5)24(12-13-25(21)28)20(2)32-16-7-6-14-27(3,4)31/h10-11,20,23-26,29-31H,1,6-9,12-18H2,2-5H3/t20?,23-,24?,25-,26+,28+/m1/s1. The molecule has 0 amide bonds. The molecule has 0 bridgehead atoms. The van der Waals surface area contributed by atoms with Gasteiger partial charge in [0.05, 0.1) is 23.9 Å². The van der Waals surface area contributed by atoms with E-state index in [-0.39, 0.29) is 11.5 Å². The van der Waals surface area contributed by atoms with Crippen molar-refractivity contribution in [2.24, 2.45) is 17.3 Å². The topological polar surface area (TPSA) is 69.9 Å². The van der Waals surface area contributed by atoms with Crippen molar-refractivity contribution < 1.29 is 20.1 Å². The highest BCUT2D eigenvalue weighted by atomic mass is 16.5. The minimum Gasteiger partial charge on any atom is -0.393 e. The summed E-state index contributed by atoms with van der Waals surface area (Å²) in [5.74, 6) is 1.16. The summed E-state index contributed by atoms with van der Waals surface area (Å²) in [5, 5.41) is 30.1. The van der Waals surface area contributed by atoms with E-state index < -0.39 is 17.8 Å². The van der Waals surface area contributed by atoms with E-state index in [2.05, 4.69) is 32.6 Å². The number of aliphatic hydroxyl groups excluding tert-OH is 2. The molecule has 4 nitrogen and oxygen atoms in total. The predicted octanol–water partition coefficient (Wildman–Crippen LogP) is 5.47. The molecule has 3 fully saturated rings. The lowest BCUT2D eigenvalue weighted by Gasteiger charge is -2.44. The number of allylic oxidation sites excluding steroid dienone is 3. The molecule has 6 atom stereocenters. The molecule has 0 aliphatic heterocycles. The summed E-state index contributed by atoms with van der Waals surface area (Å²) in [6.07, 6.45) is 13.4. The first kappa shape index (κ1) is 25.7. The number of unbranched alkanes of at least 4 members (excludes halogenated alkanes) is 1. The van der Waals surface area contributed by atoms with Crippen LogP contribution in [-0.2, 0) is 4.74 Å². The summed E-state index contributed by atoms with van der Waals surface area (Å²) in [6, 6.07) is 0. The van der Waals surface area contributed by atoms with Gasteiger partial charge in [-0.1, -0.05) is 31.2 Å². The van der Waals surface area contributed by atoms with E-state index in [0.29, 0.717) is 24.7 Å². The van der Waals surface area contributed by atoms with E-state index in [1.54, 1.807) is 0 Å². The van der Waals surface area contributed by atoms with Gasteiger partial charge < -0.3 is 20.1 Å². The lowest BCUT2D eigenvalue weighted by atomic mass is 9.62. The Morgan fingerprint density at radius 3 is 2.69 bits per heavy atom. The van der Waals surface area contributed by atoms with Gasteiger partial charge in [-0.25, -0.2) is 0 Å². The minimum absolute atomic E-state index is 0.258. The van der Waals surface area contributed by atoms with Gasteiger partial charge in [-0.05, 0) is 107 Å². The monoisotopic (exact) mass is 446 g/mol. The molecule has 0 saturated heterocycles. The maximum Gasteiger partial charge on any atom is 0.0811 e. The SMILES string of the molecule is C=C1C(=CC=C2CCC[C@@]3(C)C(C(C)OCCCCC(C)(C)O)CC[C@H]23)C[C@@H](O)C[C@@H]1O. The second kappa shape index (κ2) is 10.5. The molecule has 3 N–H and O–H groups in total. The van der Waals surface area contributed by atoms with Crippen molar-refractivity contribution in [1.29, 1.82) is 0 Å². The Morgan fingerprint density at radius 1 is 1.22 bits per heavy atom. The number of rotatable bonds is 8. The molecule has 0 spiro atoms. The van der Waals surface area contributed by atoms with Gasteiger partial charge in [0.2, 0.25) is 0 Å². The molecule has 3 rings (SSSR count). The van der Waals surface area contributed by atoms with Crippen LogP contribution in [0.3, 0.4) is 0 Å². The van der Waals surface area contributed by atoms with Gasteiger partial charge >= 0.3 is 0 Å². The molecule has 3 saturated carbocycles. The fourth-order valence-electron chi connectivity index (χ4n) is 6.56. The van der Waals surface area contributed by atoms with Crippen molar-refractivity contribution in [3.05, 3.63) is 35.5 Å². The average Bonchev–Trinajstić information content (AvgIpc) is 3.06. The molecule has 0 heterocycles. The maximum absolute atomic E-state index is 10.1. The van der Waals surface area contributed by atoms with Crippen molar-refractivity contribution in [1.82, 2.24) is 0 Å². The molecular weight excluding hydrogens is 400 g/mol. The number of aliphatic hydroxyl groups is 3. The predicted molar refractivity (Wildman–Crippen MR) is 130 cm³/mol. The molecule has 32 heavy (non-hydrogen) atoms. The lowest BCUT2D eigenvalue weighted by Crippen LogP contribution is -2.38. The molecule has 0 aromatic heterocycles. The maximum atomic E-state index is 10.1. The third-order valence-electron chi connectivity index (χ3n) is 8.43. The van der Waals surface area contributed by atoms with E-state index >= 15 is 0 Å². The highest BCUT2D eigenvalue weighted by Gasteiger charge is 2.51. The van der Waals surface area contributed by atoms with Crippen LogP contribution in [0.1, 0.15) is 91.9 Å². The summed E-state index contributed by atoms with van der Waals surface area (Å²) in [4.78, 5) is 0. The normalized spacial score (nSPS) is 37.2. The Bertz CT molecular complexity index is 715. The van der Waals surface area contributed by atoms with E-state index in [9.17, 15) is 15.3 Å². The average molecular weight is 447 g/mol. The summed E-state index contributed by atoms with van der Waals surface area (Å²) >= 11 is 0. The van der Waals surface area contributed by atoms with Gasteiger partial charge in [-0.15, -0.1) is 0 Å². The van der Waals surface area contributed by atoms with Crippen molar-refractivity contribution in [2.45, 2.75) is 116 Å². The molecule has 3 aliphatic carbocycles. The van der Waals surface area contributed by atoms with Crippen molar-refractivity contribution >= 4 is 0 Å². The van der Waals surface area contributed by atoms with Crippen LogP contribution < -0.4 is 0 Å². The van der Waals surface area contributed by atoms with Crippen LogP contribution in [-0.4, -0.2) is 45.8 Å². The Balaban J connectivity index is 1.61. The van der Waals surface area contributed by atoms with E-state index in [1.165, 1.54) is 31.3 Å². The Labute approximate surface area is 195 Å². The molecule has 0 aromatic rings. The van der Waals surface area contributed by atoms with Crippen LogP contribution in [0.15, 0.2) is 35.5 Å². The molecule has 3 aliphatic rings. The molecule has 0 aromatic carbocycles. The fourth-order valence-corrected chi connectivity index (χ4v) is 6.56. The van der Waals surface area contributed by atoms with Crippen molar-refractivity contribution in [2.75, 3.05) is 6.61 Å². The van der Waals surface area contributed by atoms with E-state index in [4.69, 9.17) is 4.74 Å². The highest BCUT2D eigenvalue weighted by molar-refractivity contribution is 5.38. The van der Waals surface area contributed by atoms with Crippen molar-refractivity contribution in [3.63, 3.8) is 0 Å². The second-order valence-corrected chi connectivity index (χ2v) is 11.5. The van der Waals surface area contributed by atoms with Gasteiger partial charge in [0, 0.05) is 13.0 Å². The molecule has 182 valence electrons. The van der Waals surface area contributed by atoms with E-state index in [1.807, 2.05) is 13.8 Å². The third-order valence-corrected chi connectivity index (χ3v) is 8.43. The zero-order valence-corrected chi connectivity index (χ0v) is 20.8. The molecule has 4 heteroatoms. The van der Waals surface area contributed by atoms with Gasteiger partial charge in [0.15, 0.2) is 0 Å². The second-order valence-electron chi connectivity index (χ2n) is 11.5. The van der Waals surface area contributed by atoms with Gasteiger partial charge in [-0.2, -0.15) is 0 Å². The van der Waals surface area contributed by atoms with Gasteiger partial charge in [-0.3, -0.25) is 0 Å². The van der Waals surface area contributed by atoms with Crippen LogP contribution in [0.2, 0.25) is 0 Å². The zero-order chi connectivity index (χ0) is 23.5. The summed E-state index contributed by atoms with van der Waals surface area (Å²) in [5.41, 5.74) is 2.97. The highest BCUT2D eigenvalue weighted by Crippen LogP contribution is 2.58. The first-order valence-corrected chi connectivity index (χ1v) is 12.8. The van der Waals surface area contributed by atoms with Crippen LogP contribution >= 0.6 is 0 Å². The first-order valence-electron chi connectivity index (χ1n) is 12.8. The van der Waals surface area contributed by atoms with Crippen LogP contribution in [0, 0.1) is 17.3 Å². The number of hydrogen-bond donors (Lipinski definition) is 3. The summed E-state index contributed by atoms with van der Waals surface area (Å²) in [7, 11) is 0. The van der Waals surface area contributed by atoms with E-state index in [0.717, 1.165) is 43.4 Å². The summed E-state index contributed by atoms with van der Waals surface area (Å²) in [6.45, 7) is 13.3. The Morgan fingerprint density at radius 2 is 1.97 bits per heavy atom. The smallest absolute Gasteiger partial charge is 0.0811 e. The minimum atomic E-state index is -0.627. The number of hydrogen-bond acceptors (Lipinski definition) is 4. The molecular formula is C28H46O4. The number of fused-ring (bicyclic) bond motifs is 1.